The summed E-state index contributed by atoms with van der Waals surface area (Å²) in [7, 11) is 0. The SMILES string of the molecule is CC(C)(CN)C(=O)OC12CC3CC(CC(O)(C3)C1)C2. The van der Waals surface area contributed by atoms with Crippen LogP contribution in [0.15, 0.2) is 0 Å². The number of hydrogen-bond donors (Lipinski definition) is 2. The van der Waals surface area contributed by atoms with Gasteiger partial charge in [-0.1, -0.05) is 0 Å². The smallest absolute Gasteiger partial charge is 0.313 e. The second-order valence-electron chi connectivity index (χ2n) is 7.85. The van der Waals surface area contributed by atoms with Crippen LogP contribution in [-0.4, -0.2) is 28.8 Å². The zero-order valence-corrected chi connectivity index (χ0v) is 11.9. The molecule has 4 saturated carbocycles. The number of ether oxygens (including phenoxy) is 1. The van der Waals surface area contributed by atoms with E-state index in [1.165, 1.54) is 6.42 Å². The van der Waals surface area contributed by atoms with Crippen LogP contribution in [-0.2, 0) is 9.53 Å². The van der Waals surface area contributed by atoms with Crippen LogP contribution in [0.3, 0.4) is 0 Å². The van der Waals surface area contributed by atoms with Gasteiger partial charge in [-0.3, -0.25) is 4.79 Å². The van der Waals surface area contributed by atoms with E-state index >= 15 is 0 Å². The maximum Gasteiger partial charge on any atom is 0.313 e. The molecule has 4 heteroatoms. The summed E-state index contributed by atoms with van der Waals surface area (Å²) in [5.74, 6) is 0.848. The fourth-order valence-electron chi connectivity index (χ4n) is 4.67. The third kappa shape index (κ3) is 2.19. The Hall–Kier alpha value is -0.610. The molecular weight excluding hydrogens is 242 g/mol. The van der Waals surface area contributed by atoms with Crippen molar-refractivity contribution in [1.29, 1.82) is 0 Å². The van der Waals surface area contributed by atoms with E-state index in [4.69, 9.17) is 10.5 Å². The molecule has 0 aromatic rings. The highest BCUT2D eigenvalue weighted by Crippen LogP contribution is 2.59. The van der Waals surface area contributed by atoms with Crippen LogP contribution in [0.25, 0.3) is 0 Å². The topological polar surface area (TPSA) is 72.6 Å². The van der Waals surface area contributed by atoms with Gasteiger partial charge in [0.15, 0.2) is 0 Å². The molecule has 4 fully saturated rings. The Balaban J connectivity index is 1.79. The average molecular weight is 267 g/mol. The van der Waals surface area contributed by atoms with Crippen LogP contribution < -0.4 is 5.73 Å². The third-order valence-electron chi connectivity index (χ3n) is 5.35. The van der Waals surface area contributed by atoms with Crippen molar-refractivity contribution in [2.75, 3.05) is 6.54 Å². The largest absolute Gasteiger partial charge is 0.458 e. The summed E-state index contributed by atoms with van der Waals surface area (Å²) in [5, 5.41) is 10.6. The Labute approximate surface area is 114 Å². The number of carbonyl (C=O) groups excluding carboxylic acids is 1. The zero-order chi connectivity index (χ0) is 13.9. The lowest BCUT2D eigenvalue weighted by Crippen LogP contribution is -2.61. The van der Waals surface area contributed by atoms with E-state index in [1.807, 2.05) is 13.8 Å². The first-order chi connectivity index (χ1) is 8.76. The summed E-state index contributed by atoms with van der Waals surface area (Å²) < 4.78 is 5.89. The molecule has 4 bridgehead atoms. The number of rotatable bonds is 3. The Morgan fingerprint density at radius 2 is 1.89 bits per heavy atom. The van der Waals surface area contributed by atoms with E-state index in [1.54, 1.807) is 0 Å². The van der Waals surface area contributed by atoms with E-state index in [2.05, 4.69) is 0 Å². The second-order valence-corrected chi connectivity index (χ2v) is 7.85. The third-order valence-corrected chi connectivity index (χ3v) is 5.35. The number of nitrogens with two attached hydrogens (primary N) is 1. The van der Waals surface area contributed by atoms with Gasteiger partial charge in [0.25, 0.3) is 0 Å². The van der Waals surface area contributed by atoms with Gasteiger partial charge in [-0.25, -0.2) is 0 Å². The fourth-order valence-corrected chi connectivity index (χ4v) is 4.67. The molecule has 4 aliphatic rings. The van der Waals surface area contributed by atoms with Gasteiger partial charge in [0.05, 0.1) is 11.0 Å². The van der Waals surface area contributed by atoms with Crippen molar-refractivity contribution in [3.8, 4) is 0 Å². The molecule has 0 aliphatic heterocycles. The molecule has 2 unspecified atom stereocenters. The molecule has 0 aromatic heterocycles. The first-order valence-corrected chi connectivity index (χ1v) is 7.42. The number of carbonyl (C=O) groups is 1. The van der Waals surface area contributed by atoms with Gasteiger partial charge in [0.2, 0.25) is 0 Å². The molecule has 0 spiro atoms. The van der Waals surface area contributed by atoms with Crippen LogP contribution >= 0.6 is 0 Å². The van der Waals surface area contributed by atoms with Crippen LogP contribution in [0.5, 0.6) is 0 Å². The standard InChI is InChI=1S/C15H25NO3/c1-13(2,9-16)12(17)19-15-6-10-3-11(7-15)5-14(18,4-10)8-15/h10-11,18H,3-9,16H2,1-2H3. The normalized spacial score (nSPS) is 44.4. The second kappa shape index (κ2) is 3.95. The quantitative estimate of drug-likeness (QED) is 0.762. The molecule has 4 nitrogen and oxygen atoms in total. The van der Waals surface area contributed by atoms with E-state index in [-0.39, 0.29) is 5.97 Å². The van der Waals surface area contributed by atoms with Crippen molar-refractivity contribution in [3.05, 3.63) is 0 Å². The summed E-state index contributed by atoms with van der Waals surface area (Å²) in [6.07, 6.45) is 5.46. The predicted molar refractivity (Wildman–Crippen MR) is 71.3 cm³/mol. The Bertz CT molecular complexity index is 390. The minimum atomic E-state index is -0.633. The highest BCUT2D eigenvalue weighted by molar-refractivity contribution is 5.76. The van der Waals surface area contributed by atoms with E-state index < -0.39 is 16.6 Å². The number of esters is 1. The molecule has 19 heavy (non-hydrogen) atoms. The van der Waals surface area contributed by atoms with Gasteiger partial charge in [0, 0.05) is 13.0 Å². The summed E-state index contributed by atoms with van der Waals surface area (Å²) >= 11 is 0. The van der Waals surface area contributed by atoms with Crippen molar-refractivity contribution in [2.24, 2.45) is 23.0 Å². The van der Waals surface area contributed by atoms with Gasteiger partial charge in [-0.05, 0) is 57.8 Å². The van der Waals surface area contributed by atoms with Crippen LogP contribution in [0.2, 0.25) is 0 Å². The van der Waals surface area contributed by atoms with Crippen LogP contribution in [0.1, 0.15) is 52.4 Å². The van der Waals surface area contributed by atoms with E-state index in [0.717, 1.165) is 25.7 Å². The minimum Gasteiger partial charge on any atom is -0.458 e. The molecule has 0 heterocycles. The van der Waals surface area contributed by atoms with Crippen molar-refractivity contribution >= 4 is 5.97 Å². The van der Waals surface area contributed by atoms with Crippen molar-refractivity contribution < 1.29 is 14.6 Å². The number of aliphatic hydroxyl groups is 1. The Morgan fingerprint density at radius 3 is 2.37 bits per heavy atom. The van der Waals surface area contributed by atoms with E-state index in [9.17, 15) is 9.90 Å². The monoisotopic (exact) mass is 267 g/mol. The molecule has 108 valence electrons. The maximum atomic E-state index is 12.3. The lowest BCUT2D eigenvalue weighted by molar-refractivity contribution is -0.225. The molecular formula is C15H25NO3. The maximum absolute atomic E-state index is 12.3. The van der Waals surface area contributed by atoms with Gasteiger partial charge in [-0.15, -0.1) is 0 Å². The summed E-state index contributed by atoms with van der Waals surface area (Å²) in [4.78, 5) is 12.3. The summed E-state index contributed by atoms with van der Waals surface area (Å²) in [5.41, 5.74) is 4.02. The van der Waals surface area contributed by atoms with Gasteiger partial charge in [0.1, 0.15) is 5.60 Å². The Morgan fingerprint density at radius 1 is 1.32 bits per heavy atom. The van der Waals surface area contributed by atoms with Crippen LogP contribution in [0.4, 0.5) is 0 Å². The first kappa shape index (κ1) is 13.4. The first-order valence-electron chi connectivity index (χ1n) is 7.42. The highest BCUT2D eigenvalue weighted by Gasteiger charge is 2.59. The lowest BCUT2D eigenvalue weighted by atomic mass is 9.52. The molecule has 0 amide bonds. The predicted octanol–water partition coefficient (Wildman–Crippen LogP) is 1.60. The van der Waals surface area contributed by atoms with Crippen molar-refractivity contribution in [3.63, 3.8) is 0 Å². The minimum absolute atomic E-state index is 0.208. The van der Waals surface area contributed by atoms with Crippen LogP contribution in [0, 0.1) is 17.3 Å². The lowest BCUT2D eigenvalue weighted by Gasteiger charge is -2.59. The zero-order valence-electron chi connectivity index (χ0n) is 11.9. The molecule has 0 radical (unpaired) electrons. The number of hydrogen-bond acceptors (Lipinski definition) is 4. The van der Waals surface area contributed by atoms with Gasteiger partial charge >= 0.3 is 5.97 Å². The fraction of sp³-hybridized carbons (Fsp3) is 0.933. The van der Waals surface area contributed by atoms with Gasteiger partial charge in [-0.2, -0.15) is 0 Å². The molecule has 4 rings (SSSR count). The summed E-state index contributed by atoms with van der Waals surface area (Å²) in [6.45, 7) is 3.94. The van der Waals surface area contributed by atoms with Crippen molar-refractivity contribution in [1.82, 2.24) is 0 Å². The van der Waals surface area contributed by atoms with Crippen molar-refractivity contribution in [2.45, 2.75) is 63.6 Å². The Kier molecular flexibility index (Phi) is 2.78. The van der Waals surface area contributed by atoms with E-state index in [0.29, 0.717) is 24.8 Å². The molecule has 3 N–H and O–H groups in total. The molecule has 2 atom stereocenters. The molecule has 0 saturated heterocycles. The summed E-state index contributed by atoms with van der Waals surface area (Å²) in [6, 6.07) is 0. The molecule has 0 aromatic carbocycles. The highest BCUT2D eigenvalue weighted by atomic mass is 16.6. The molecule has 4 aliphatic carbocycles. The van der Waals surface area contributed by atoms with Gasteiger partial charge < -0.3 is 15.6 Å². The average Bonchev–Trinajstić information content (AvgIpc) is 2.24.